The van der Waals surface area contributed by atoms with Crippen LogP contribution in [0, 0.1) is 11.3 Å². The van der Waals surface area contributed by atoms with Gasteiger partial charge in [-0.1, -0.05) is 18.2 Å². The molecular weight excluding hydrogens is 276 g/mol. The monoisotopic (exact) mass is 294 g/mol. The van der Waals surface area contributed by atoms with Gasteiger partial charge in [0.05, 0.1) is 36.1 Å². The van der Waals surface area contributed by atoms with Crippen LogP contribution in [0.3, 0.4) is 0 Å². The fraction of sp³-hybridized carbons (Fsp3) is 0.500. The molecule has 0 radical (unpaired) electrons. The summed E-state index contributed by atoms with van der Waals surface area (Å²) in [5.41, 5.74) is 1.40. The molecule has 108 valence electrons. The Kier molecular flexibility index (Phi) is 4.43. The summed E-state index contributed by atoms with van der Waals surface area (Å²) in [7, 11) is -3.36. The van der Waals surface area contributed by atoms with Crippen LogP contribution in [0.25, 0.3) is 0 Å². The van der Waals surface area contributed by atoms with Crippen LogP contribution in [0.5, 0.6) is 0 Å². The Bertz CT molecular complexity index is 620. The van der Waals surface area contributed by atoms with Crippen LogP contribution in [0.2, 0.25) is 0 Å². The van der Waals surface area contributed by atoms with Gasteiger partial charge in [0, 0.05) is 5.92 Å². The molecule has 1 aliphatic heterocycles. The van der Waals surface area contributed by atoms with Gasteiger partial charge in [-0.15, -0.1) is 0 Å². The van der Waals surface area contributed by atoms with E-state index in [2.05, 4.69) is 10.8 Å². The molecule has 1 fully saturated rings. The van der Waals surface area contributed by atoms with Crippen molar-refractivity contribution in [2.75, 3.05) is 13.2 Å². The van der Waals surface area contributed by atoms with Gasteiger partial charge in [-0.05, 0) is 25.5 Å². The van der Waals surface area contributed by atoms with E-state index in [9.17, 15) is 8.42 Å². The van der Waals surface area contributed by atoms with Crippen molar-refractivity contribution in [2.45, 2.75) is 31.1 Å². The summed E-state index contributed by atoms with van der Waals surface area (Å²) in [5.74, 6) is -0.126. The molecule has 0 saturated carbocycles. The predicted molar refractivity (Wildman–Crippen MR) is 75.7 cm³/mol. The van der Waals surface area contributed by atoms with E-state index in [0.717, 1.165) is 5.56 Å². The van der Waals surface area contributed by atoms with Gasteiger partial charge in [0.15, 0.2) is 0 Å². The predicted octanol–water partition coefficient (Wildman–Crippen LogP) is 1.37. The quantitative estimate of drug-likeness (QED) is 0.909. The summed E-state index contributed by atoms with van der Waals surface area (Å²) in [6.07, 6.45) is 0. The first kappa shape index (κ1) is 15.0. The number of hydrogen-bond donors (Lipinski definition) is 1. The van der Waals surface area contributed by atoms with E-state index in [1.54, 1.807) is 26.0 Å². The zero-order valence-electron chi connectivity index (χ0n) is 11.5. The maximum absolute atomic E-state index is 12.0. The maximum Gasteiger partial charge on any atom is 0.214 e. The lowest BCUT2D eigenvalue weighted by Gasteiger charge is -2.21. The minimum atomic E-state index is -3.36. The maximum atomic E-state index is 12.0. The molecule has 6 heteroatoms. The summed E-state index contributed by atoms with van der Waals surface area (Å²) in [5, 5.41) is 8.67. The van der Waals surface area contributed by atoms with Gasteiger partial charge in [-0.2, -0.15) is 5.26 Å². The molecule has 0 spiro atoms. The van der Waals surface area contributed by atoms with E-state index in [4.69, 9.17) is 10.00 Å². The Balaban J connectivity index is 2.26. The van der Waals surface area contributed by atoms with Gasteiger partial charge < -0.3 is 4.74 Å². The lowest BCUT2D eigenvalue weighted by Crippen LogP contribution is -2.42. The van der Waals surface area contributed by atoms with E-state index in [0.29, 0.717) is 18.8 Å². The highest BCUT2D eigenvalue weighted by molar-refractivity contribution is 7.90. The number of nitrogens with zero attached hydrogens (tertiary/aromatic N) is 1. The second-order valence-corrected chi connectivity index (χ2v) is 7.43. The SMILES string of the molecule is CC(C)S(=O)(=O)N[C@H]1COC[C@@H]1c1ccccc1C#N. The Labute approximate surface area is 119 Å². The molecular formula is C14H18N2O3S. The molecule has 0 amide bonds. The van der Waals surface area contributed by atoms with Crippen molar-refractivity contribution in [1.29, 1.82) is 5.26 Å². The van der Waals surface area contributed by atoms with Crippen LogP contribution >= 0.6 is 0 Å². The second kappa shape index (κ2) is 5.92. The summed E-state index contributed by atoms with van der Waals surface area (Å²) in [4.78, 5) is 0. The Hall–Kier alpha value is -1.42. The lowest BCUT2D eigenvalue weighted by atomic mass is 9.91. The highest BCUT2D eigenvalue weighted by Gasteiger charge is 2.34. The average Bonchev–Trinajstić information content (AvgIpc) is 2.85. The summed E-state index contributed by atoms with van der Waals surface area (Å²) < 4.78 is 32.1. The zero-order chi connectivity index (χ0) is 14.8. The molecule has 2 rings (SSSR count). The van der Waals surface area contributed by atoms with Crippen LogP contribution in [-0.2, 0) is 14.8 Å². The molecule has 1 aromatic rings. The lowest BCUT2D eigenvalue weighted by molar-refractivity contribution is 0.189. The van der Waals surface area contributed by atoms with Crippen molar-refractivity contribution < 1.29 is 13.2 Å². The smallest absolute Gasteiger partial charge is 0.214 e. The van der Waals surface area contributed by atoms with Crippen molar-refractivity contribution in [1.82, 2.24) is 4.72 Å². The van der Waals surface area contributed by atoms with Gasteiger partial charge >= 0.3 is 0 Å². The number of ether oxygens (including phenoxy) is 1. The standard InChI is InChI=1S/C14H18N2O3S/c1-10(2)20(17,18)16-14-9-19-8-13(14)12-6-4-3-5-11(12)7-15/h3-6,10,13-14,16H,8-9H2,1-2H3/t13-,14+/m1/s1. The fourth-order valence-electron chi connectivity index (χ4n) is 2.25. The molecule has 20 heavy (non-hydrogen) atoms. The molecule has 1 N–H and O–H groups in total. The van der Waals surface area contributed by atoms with Crippen molar-refractivity contribution >= 4 is 10.0 Å². The van der Waals surface area contributed by atoms with Crippen molar-refractivity contribution in [3.63, 3.8) is 0 Å². The molecule has 0 aromatic heterocycles. The van der Waals surface area contributed by atoms with Crippen molar-refractivity contribution in [3.8, 4) is 6.07 Å². The van der Waals surface area contributed by atoms with Crippen LogP contribution < -0.4 is 4.72 Å². The Morgan fingerprint density at radius 3 is 2.70 bits per heavy atom. The first-order valence-corrected chi connectivity index (χ1v) is 8.08. The number of rotatable bonds is 4. The molecule has 5 nitrogen and oxygen atoms in total. The van der Waals surface area contributed by atoms with Crippen LogP contribution in [0.15, 0.2) is 24.3 Å². The summed E-state index contributed by atoms with van der Waals surface area (Å²) >= 11 is 0. The Morgan fingerprint density at radius 1 is 1.35 bits per heavy atom. The molecule has 1 aliphatic rings. The molecule has 1 saturated heterocycles. The van der Waals surface area contributed by atoms with Crippen molar-refractivity contribution in [2.24, 2.45) is 0 Å². The molecule has 0 aliphatic carbocycles. The van der Waals surface area contributed by atoms with E-state index >= 15 is 0 Å². The minimum Gasteiger partial charge on any atom is -0.379 e. The molecule has 1 aromatic carbocycles. The van der Waals surface area contributed by atoms with Gasteiger partial charge in [0.1, 0.15) is 0 Å². The number of hydrogen-bond acceptors (Lipinski definition) is 4. The third-order valence-corrected chi connectivity index (χ3v) is 5.37. The first-order chi connectivity index (χ1) is 9.45. The Morgan fingerprint density at radius 2 is 2.05 bits per heavy atom. The van der Waals surface area contributed by atoms with Crippen molar-refractivity contribution in [3.05, 3.63) is 35.4 Å². The minimum absolute atomic E-state index is 0.126. The molecule has 2 atom stereocenters. The summed E-state index contributed by atoms with van der Waals surface area (Å²) in [6.45, 7) is 4.02. The average molecular weight is 294 g/mol. The van der Waals surface area contributed by atoms with Gasteiger partial charge in [0.2, 0.25) is 10.0 Å². The van der Waals surface area contributed by atoms with Crippen LogP contribution in [-0.4, -0.2) is 32.9 Å². The number of nitriles is 1. The topological polar surface area (TPSA) is 79.2 Å². The van der Waals surface area contributed by atoms with E-state index in [-0.39, 0.29) is 12.0 Å². The third-order valence-electron chi connectivity index (χ3n) is 3.50. The van der Waals surface area contributed by atoms with Crippen LogP contribution in [0.1, 0.15) is 30.9 Å². The fourth-order valence-corrected chi connectivity index (χ4v) is 3.17. The number of benzene rings is 1. The molecule has 0 bridgehead atoms. The zero-order valence-corrected chi connectivity index (χ0v) is 12.4. The van der Waals surface area contributed by atoms with Gasteiger partial charge in [-0.25, -0.2) is 13.1 Å². The molecule has 1 heterocycles. The van der Waals surface area contributed by atoms with Gasteiger partial charge in [-0.3, -0.25) is 0 Å². The number of sulfonamides is 1. The van der Waals surface area contributed by atoms with Gasteiger partial charge in [0.25, 0.3) is 0 Å². The highest BCUT2D eigenvalue weighted by atomic mass is 32.2. The van der Waals surface area contributed by atoms with Crippen LogP contribution in [0.4, 0.5) is 0 Å². The molecule has 0 unspecified atom stereocenters. The third kappa shape index (κ3) is 3.01. The first-order valence-electron chi connectivity index (χ1n) is 6.53. The normalized spacial score (nSPS) is 22.9. The second-order valence-electron chi connectivity index (χ2n) is 5.16. The largest absolute Gasteiger partial charge is 0.379 e. The number of nitrogens with one attached hydrogen (secondary N) is 1. The highest BCUT2D eigenvalue weighted by Crippen LogP contribution is 2.28. The van der Waals surface area contributed by atoms with E-state index in [1.165, 1.54) is 0 Å². The van der Waals surface area contributed by atoms with E-state index < -0.39 is 15.3 Å². The summed E-state index contributed by atoms with van der Waals surface area (Å²) in [6, 6.07) is 9.06. The van der Waals surface area contributed by atoms with E-state index in [1.807, 2.05) is 12.1 Å².